The van der Waals surface area contributed by atoms with Gasteiger partial charge in [-0.25, -0.2) is 9.59 Å². The lowest BCUT2D eigenvalue weighted by Crippen LogP contribution is -2.47. The van der Waals surface area contributed by atoms with Crippen molar-refractivity contribution in [1.82, 2.24) is 15.1 Å². The molecule has 1 atom stereocenters. The van der Waals surface area contributed by atoms with Gasteiger partial charge < -0.3 is 30.3 Å². The van der Waals surface area contributed by atoms with Gasteiger partial charge in [0.05, 0.1) is 0 Å². The molecule has 5 rings (SSSR count). The summed E-state index contributed by atoms with van der Waals surface area (Å²) in [7, 11) is 0. The smallest absolute Gasteiger partial charge is 0.410 e. The lowest BCUT2D eigenvalue weighted by atomic mass is 9.89. The second kappa shape index (κ2) is 15.7. The molecular weight excluding hydrogens is 610 g/mol. The van der Waals surface area contributed by atoms with Crippen molar-refractivity contribution in [2.75, 3.05) is 37.2 Å². The first kappa shape index (κ1) is 36.6. The highest BCUT2D eigenvalue weighted by molar-refractivity contribution is 6.01. The molecule has 11 heteroatoms. The fourth-order valence-electron chi connectivity index (χ4n) is 6.10. The number of ether oxygens (including phenoxy) is 2. The Balaban J connectivity index is 0.000000229. The Kier molecular flexibility index (Phi) is 12.0. The zero-order chi connectivity index (χ0) is 35.1. The van der Waals surface area contributed by atoms with E-state index in [0.717, 1.165) is 50.1 Å². The van der Waals surface area contributed by atoms with Crippen LogP contribution in [0.1, 0.15) is 103 Å². The fourth-order valence-corrected chi connectivity index (χ4v) is 6.10. The molecule has 11 nitrogen and oxygen atoms in total. The number of amides is 4. The number of nitrogens with two attached hydrogens (primary N) is 1. The van der Waals surface area contributed by atoms with Crippen molar-refractivity contribution >= 4 is 35.4 Å². The Morgan fingerprint density at radius 1 is 0.708 bits per heavy atom. The first-order chi connectivity index (χ1) is 22.6. The van der Waals surface area contributed by atoms with Crippen LogP contribution in [0.4, 0.5) is 21.0 Å². The SMILES string of the molecule is CC(C)(C)OC(=O)N1CCC(c2ccc(N)cc2)CC1.CC(C)(C)OC(=O)N1CCC(c2ccc(N[C@@H]3CCC(=O)NC3=O)cc2)CC1. The largest absolute Gasteiger partial charge is 0.444 e. The van der Waals surface area contributed by atoms with E-state index in [9.17, 15) is 19.2 Å². The first-order valence-corrected chi connectivity index (χ1v) is 17.1. The molecule has 2 aromatic carbocycles. The zero-order valence-electron chi connectivity index (χ0n) is 29.3. The van der Waals surface area contributed by atoms with Crippen molar-refractivity contribution in [1.29, 1.82) is 0 Å². The van der Waals surface area contributed by atoms with E-state index in [1.54, 1.807) is 9.80 Å². The van der Waals surface area contributed by atoms with Crippen LogP contribution in [0.3, 0.4) is 0 Å². The molecule has 48 heavy (non-hydrogen) atoms. The van der Waals surface area contributed by atoms with Crippen molar-refractivity contribution in [2.45, 2.75) is 109 Å². The number of nitrogens with one attached hydrogen (secondary N) is 2. The molecular formula is C37H53N5O6. The number of hydrogen-bond acceptors (Lipinski definition) is 8. The third-order valence-corrected chi connectivity index (χ3v) is 8.66. The summed E-state index contributed by atoms with van der Waals surface area (Å²) in [5, 5.41) is 5.55. The molecule has 0 aromatic heterocycles. The first-order valence-electron chi connectivity index (χ1n) is 17.1. The van der Waals surface area contributed by atoms with Crippen LogP contribution in [0.15, 0.2) is 48.5 Å². The number of benzene rings is 2. The van der Waals surface area contributed by atoms with Gasteiger partial charge >= 0.3 is 12.2 Å². The lowest BCUT2D eigenvalue weighted by molar-refractivity contribution is -0.133. The third-order valence-electron chi connectivity index (χ3n) is 8.66. The van der Waals surface area contributed by atoms with Crippen LogP contribution in [-0.2, 0) is 19.1 Å². The van der Waals surface area contributed by atoms with Crippen LogP contribution in [0.5, 0.6) is 0 Å². The number of likely N-dealkylation sites (tertiary alicyclic amines) is 2. The molecule has 4 amide bonds. The molecule has 3 saturated heterocycles. The second-order valence-electron chi connectivity index (χ2n) is 14.9. The highest BCUT2D eigenvalue weighted by Gasteiger charge is 2.29. The summed E-state index contributed by atoms with van der Waals surface area (Å²) in [4.78, 5) is 50.8. The number of imide groups is 1. The number of piperidine rings is 3. The Morgan fingerprint density at radius 3 is 1.52 bits per heavy atom. The van der Waals surface area contributed by atoms with Crippen molar-refractivity contribution in [3.05, 3.63) is 59.7 Å². The normalized spacial score (nSPS) is 19.5. The van der Waals surface area contributed by atoms with Crippen LogP contribution in [0, 0.1) is 0 Å². The van der Waals surface area contributed by atoms with E-state index >= 15 is 0 Å². The Hall–Kier alpha value is -4.28. The van der Waals surface area contributed by atoms with Gasteiger partial charge in [-0.2, -0.15) is 0 Å². The number of carbonyl (C=O) groups is 4. The minimum absolute atomic E-state index is 0.201. The summed E-state index contributed by atoms with van der Waals surface area (Å²) in [6.45, 7) is 14.2. The number of carbonyl (C=O) groups excluding carboxylic acids is 4. The van der Waals surface area contributed by atoms with Gasteiger partial charge in [0.1, 0.15) is 17.2 Å². The standard InChI is InChI=1S/C21H29N3O4.C16H24N2O2/c1-21(2,3)28-20(27)24-12-10-15(11-13-24)14-4-6-16(7-5-14)22-17-8-9-18(25)23-19(17)26;1-16(2,3)20-15(19)18-10-8-13(9-11-18)12-4-6-14(17)7-5-12/h4-7,15,17,22H,8-13H2,1-3H3,(H,23,25,26);4-7,13H,8-11,17H2,1-3H3/t17-;/m1./s1. The van der Waals surface area contributed by atoms with Crippen molar-refractivity contribution in [3.8, 4) is 0 Å². The topological polar surface area (TPSA) is 143 Å². The number of hydrogen-bond donors (Lipinski definition) is 3. The Labute approximate surface area is 284 Å². The van der Waals surface area contributed by atoms with Gasteiger partial charge in [0.2, 0.25) is 11.8 Å². The molecule has 262 valence electrons. The summed E-state index contributed by atoms with van der Waals surface area (Å²) in [5.74, 6) is 0.434. The van der Waals surface area contributed by atoms with Crippen molar-refractivity contribution in [2.24, 2.45) is 0 Å². The van der Waals surface area contributed by atoms with E-state index in [2.05, 4.69) is 34.9 Å². The number of anilines is 2. The molecule has 3 aliphatic heterocycles. The van der Waals surface area contributed by atoms with Gasteiger partial charge in [0.25, 0.3) is 0 Å². The maximum atomic E-state index is 12.2. The third kappa shape index (κ3) is 11.2. The molecule has 0 unspecified atom stereocenters. The fraction of sp³-hybridized carbons (Fsp3) is 0.568. The van der Waals surface area contributed by atoms with Gasteiger partial charge in [-0.1, -0.05) is 24.3 Å². The van der Waals surface area contributed by atoms with Gasteiger partial charge in [0.15, 0.2) is 0 Å². The highest BCUT2D eigenvalue weighted by Crippen LogP contribution is 2.31. The van der Waals surface area contributed by atoms with Gasteiger partial charge in [-0.15, -0.1) is 0 Å². The summed E-state index contributed by atoms with van der Waals surface area (Å²) in [5.41, 5.74) is 9.01. The number of nitrogen functional groups attached to an aromatic ring is 1. The van der Waals surface area contributed by atoms with Gasteiger partial charge in [-0.3, -0.25) is 14.9 Å². The molecule has 0 saturated carbocycles. The zero-order valence-corrected chi connectivity index (χ0v) is 29.3. The summed E-state index contributed by atoms with van der Waals surface area (Å²) < 4.78 is 10.9. The maximum absolute atomic E-state index is 12.2. The van der Waals surface area contributed by atoms with Gasteiger partial charge in [0, 0.05) is 44.0 Å². The highest BCUT2D eigenvalue weighted by atomic mass is 16.6. The number of nitrogens with zero attached hydrogens (tertiary/aromatic N) is 2. The van der Waals surface area contributed by atoms with Crippen molar-refractivity contribution in [3.63, 3.8) is 0 Å². The summed E-state index contributed by atoms with van der Waals surface area (Å²) in [6.07, 6.45) is 4.18. The quantitative estimate of drug-likeness (QED) is 0.252. The minimum atomic E-state index is -0.473. The molecule has 4 N–H and O–H groups in total. The predicted octanol–water partition coefficient (Wildman–Crippen LogP) is 6.40. The molecule has 0 bridgehead atoms. The lowest BCUT2D eigenvalue weighted by Gasteiger charge is -2.33. The Morgan fingerprint density at radius 2 is 1.12 bits per heavy atom. The van der Waals surface area contributed by atoms with Crippen LogP contribution >= 0.6 is 0 Å². The van der Waals surface area contributed by atoms with E-state index in [1.165, 1.54) is 11.1 Å². The molecule has 0 aliphatic carbocycles. The van der Waals surface area contributed by atoms with E-state index in [4.69, 9.17) is 15.2 Å². The van der Waals surface area contributed by atoms with Crippen LogP contribution in [0.25, 0.3) is 0 Å². The van der Waals surface area contributed by atoms with E-state index < -0.39 is 11.2 Å². The summed E-state index contributed by atoms with van der Waals surface area (Å²) >= 11 is 0. The van der Waals surface area contributed by atoms with E-state index in [0.29, 0.717) is 37.8 Å². The van der Waals surface area contributed by atoms with Crippen LogP contribution < -0.4 is 16.4 Å². The molecule has 3 aliphatic rings. The van der Waals surface area contributed by atoms with Crippen molar-refractivity contribution < 1.29 is 28.7 Å². The van der Waals surface area contributed by atoms with E-state index in [1.807, 2.05) is 65.8 Å². The second-order valence-corrected chi connectivity index (χ2v) is 14.9. The molecule has 3 fully saturated rings. The monoisotopic (exact) mass is 663 g/mol. The summed E-state index contributed by atoms with van der Waals surface area (Å²) in [6, 6.07) is 15.8. The molecule has 0 spiro atoms. The van der Waals surface area contributed by atoms with E-state index in [-0.39, 0.29) is 30.0 Å². The number of rotatable bonds is 4. The average Bonchev–Trinajstić information content (AvgIpc) is 3.02. The average molecular weight is 664 g/mol. The van der Waals surface area contributed by atoms with Gasteiger partial charge in [-0.05, 0) is 121 Å². The van der Waals surface area contributed by atoms with Crippen LogP contribution in [0.2, 0.25) is 0 Å². The molecule has 0 radical (unpaired) electrons. The minimum Gasteiger partial charge on any atom is -0.444 e. The Bertz CT molecular complexity index is 1400. The molecule has 2 aromatic rings. The van der Waals surface area contributed by atoms with Crippen LogP contribution in [-0.4, -0.2) is 77.2 Å². The molecule has 3 heterocycles. The maximum Gasteiger partial charge on any atom is 0.410 e. The predicted molar refractivity (Wildman–Crippen MR) is 187 cm³/mol.